The van der Waals surface area contributed by atoms with Crippen LogP contribution in [0.2, 0.25) is 0 Å². The topological polar surface area (TPSA) is 86.8 Å². The average Bonchev–Trinajstić information content (AvgIpc) is 3.33. The third kappa shape index (κ3) is 3.85. The minimum atomic E-state index is -0.264. The van der Waals surface area contributed by atoms with Crippen LogP contribution in [0.5, 0.6) is 5.75 Å². The summed E-state index contributed by atoms with van der Waals surface area (Å²) >= 11 is 0. The van der Waals surface area contributed by atoms with Crippen molar-refractivity contribution in [3.63, 3.8) is 0 Å². The van der Waals surface area contributed by atoms with Gasteiger partial charge >= 0.3 is 5.69 Å². The molecule has 0 amide bonds. The molecule has 0 radical (unpaired) electrons. The highest BCUT2D eigenvalue weighted by atomic mass is 16.5. The minimum absolute atomic E-state index is 0.264. The molecule has 3 aromatic heterocycles. The average molecular weight is 435 g/mol. The summed E-state index contributed by atoms with van der Waals surface area (Å²) < 4.78 is 13.7. The molecule has 32 heavy (non-hydrogen) atoms. The molecule has 1 fully saturated rings. The second-order valence-corrected chi connectivity index (χ2v) is 8.19. The monoisotopic (exact) mass is 434 g/mol. The van der Waals surface area contributed by atoms with E-state index < -0.39 is 0 Å². The van der Waals surface area contributed by atoms with Crippen LogP contribution in [0, 0.1) is 0 Å². The summed E-state index contributed by atoms with van der Waals surface area (Å²) in [5.74, 6) is 0.772. The molecule has 166 valence electrons. The van der Waals surface area contributed by atoms with Crippen molar-refractivity contribution in [2.45, 2.75) is 32.0 Å². The lowest BCUT2D eigenvalue weighted by Gasteiger charge is -2.31. The van der Waals surface area contributed by atoms with Crippen molar-refractivity contribution in [3.8, 4) is 5.75 Å². The molecule has 5 rings (SSSR count). The standard InChI is InChI=1S/C23H26N6O3/c1-27(18-7-9-32-10-8-18)13-17-11-20-21(24-12-17)28(23(30)29-22(20)25-15-26-29)14-16-3-5-19(31-2)6-4-16/h3-6,11-12,15,18H,7-10,13-14H2,1-2H3. The molecule has 1 saturated heterocycles. The fourth-order valence-electron chi connectivity index (χ4n) is 4.34. The number of ether oxygens (including phenoxy) is 2. The second kappa shape index (κ2) is 8.68. The van der Waals surface area contributed by atoms with Crippen molar-refractivity contribution in [3.05, 3.63) is 64.5 Å². The van der Waals surface area contributed by atoms with Crippen molar-refractivity contribution in [1.82, 2.24) is 29.0 Å². The second-order valence-electron chi connectivity index (χ2n) is 8.19. The number of fused-ring (bicyclic) bond motifs is 3. The van der Waals surface area contributed by atoms with E-state index in [1.807, 2.05) is 30.5 Å². The molecule has 1 aromatic carbocycles. The van der Waals surface area contributed by atoms with Crippen LogP contribution in [0.1, 0.15) is 24.0 Å². The van der Waals surface area contributed by atoms with Crippen LogP contribution in [0.3, 0.4) is 0 Å². The van der Waals surface area contributed by atoms with E-state index in [0.29, 0.717) is 23.9 Å². The van der Waals surface area contributed by atoms with Gasteiger partial charge in [-0.2, -0.15) is 9.61 Å². The zero-order valence-electron chi connectivity index (χ0n) is 18.3. The van der Waals surface area contributed by atoms with E-state index >= 15 is 0 Å². The van der Waals surface area contributed by atoms with Crippen molar-refractivity contribution in [1.29, 1.82) is 0 Å². The molecule has 0 atom stereocenters. The van der Waals surface area contributed by atoms with Gasteiger partial charge in [-0.15, -0.1) is 0 Å². The Hall–Kier alpha value is -3.30. The van der Waals surface area contributed by atoms with Crippen LogP contribution in [0.15, 0.2) is 47.7 Å². The first-order valence-electron chi connectivity index (χ1n) is 10.8. The van der Waals surface area contributed by atoms with Crippen molar-refractivity contribution < 1.29 is 9.47 Å². The van der Waals surface area contributed by atoms with Crippen LogP contribution in [-0.2, 0) is 17.8 Å². The van der Waals surface area contributed by atoms with E-state index in [0.717, 1.165) is 54.9 Å². The number of hydrogen-bond acceptors (Lipinski definition) is 7. The third-order valence-corrected chi connectivity index (χ3v) is 6.13. The lowest BCUT2D eigenvalue weighted by molar-refractivity contribution is 0.0407. The summed E-state index contributed by atoms with van der Waals surface area (Å²) in [4.78, 5) is 24.5. The highest BCUT2D eigenvalue weighted by molar-refractivity contribution is 5.89. The van der Waals surface area contributed by atoms with Gasteiger partial charge in [0.05, 0.1) is 19.0 Å². The number of methoxy groups -OCH3 is 1. The van der Waals surface area contributed by atoms with Crippen LogP contribution in [0.4, 0.5) is 0 Å². The van der Waals surface area contributed by atoms with Crippen molar-refractivity contribution in [2.24, 2.45) is 0 Å². The van der Waals surface area contributed by atoms with Gasteiger partial charge in [-0.05, 0) is 49.2 Å². The Morgan fingerprint density at radius 2 is 1.91 bits per heavy atom. The molecule has 9 nitrogen and oxygen atoms in total. The van der Waals surface area contributed by atoms with Crippen LogP contribution in [0.25, 0.3) is 16.7 Å². The largest absolute Gasteiger partial charge is 0.497 e. The van der Waals surface area contributed by atoms with Gasteiger partial charge in [0.1, 0.15) is 17.7 Å². The van der Waals surface area contributed by atoms with Gasteiger partial charge < -0.3 is 9.47 Å². The smallest absolute Gasteiger partial charge is 0.352 e. The SMILES string of the molecule is COc1ccc(Cn2c(=O)n3ncnc3c3cc(CN(C)C4CCOCC4)cnc32)cc1. The lowest BCUT2D eigenvalue weighted by Crippen LogP contribution is -2.36. The van der Waals surface area contributed by atoms with Gasteiger partial charge in [0.25, 0.3) is 0 Å². The Kier molecular flexibility index (Phi) is 5.59. The first-order valence-corrected chi connectivity index (χ1v) is 10.8. The van der Waals surface area contributed by atoms with E-state index in [9.17, 15) is 4.79 Å². The summed E-state index contributed by atoms with van der Waals surface area (Å²) in [5.41, 5.74) is 2.91. The Balaban J connectivity index is 1.53. The van der Waals surface area contributed by atoms with Gasteiger partial charge in [-0.25, -0.2) is 14.8 Å². The number of aromatic nitrogens is 5. The van der Waals surface area contributed by atoms with Gasteiger partial charge in [0, 0.05) is 32.0 Å². The summed E-state index contributed by atoms with van der Waals surface area (Å²) in [7, 11) is 3.77. The zero-order valence-corrected chi connectivity index (χ0v) is 18.3. The lowest BCUT2D eigenvalue weighted by atomic mass is 10.1. The van der Waals surface area contributed by atoms with E-state index in [1.54, 1.807) is 11.7 Å². The first-order chi connectivity index (χ1) is 15.6. The zero-order chi connectivity index (χ0) is 22.1. The van der Waals surface area contributed by atoms with Crippen LogP contribution >= 0.6 is 0 Å². The van der Waals surface area contributed by atoms with E-state index in [-0.39, 0.29) is 5.69 Å². The Labute approximate surface area is 185 Å². The molecular weight excluding hydrogens is 408 g/mol. The summed E-state index contributed by atoms with van der Waals surface area (Å²) in [5, 5.41) is 4.98. The number of pyridine rings is 1. The van der Waals surface area contributed by atoms with Crippen molar-refractivity contribution >= 4 is 16.7 Å². The Bertz CT molecular complexity index is 1290. The van der Waals surface area contributed by atoms with Gasteiger partial charge in [-0.3, -0.25) is 9.47 Å². The molecule has 0 saturated carbocycles. The highest BCUT2D eigenvalue weighted by Crippen LogP contribution is 2.21. The number of rotatable bonds is 6. The van der Waals surface area contributed by atoms with Gasteiger partial charge in [0.15, 0.2) is 5.65 Å². The first kappa shape index (κ1) is 20.6. The number of benzene rings is 1. The van der Waals surface area contributed by atoms with Gasteiger partial charge in [0.2, 0.25) is 0 Å². The fourth-order valence-corrected chi connectivity index (χ4v) is 4.34. The van der Waals surface area contributed by atoms with Crippen LogP contribution < -0.4 is 10.4 Å². The highest BCUT2D eigenvalue weighted by Gasteiger charge is 2.20. The summed E-state index contributed by atoms with van der Waals surface area (Å²) in [6, 6.07) is 10.2. The predicted octanol–water partition coefficient (Wildman–Crippen LogP) is 2.11. The molecule has 0 unspecified atom stereocenters. The maximum absolute atomic E-state index is 13.1. The molecule has 0 aliphatic carbocycles. The Morgan fingerprint density at radius 1 is 1.12 bits per heavy atom. The number of hydrogen-bond donors (Lipinski definition) is 0. The molecule has 4 heterocycles. The van der Waals surface area contributed by atoms with Gasteiger partial charge in [-0.1, -0.05) is 12.1 Å². The molecule has 1 aliphatic heterocycles. The normalized spacial score (nSPS) is 15.1. The molecular formula is C23H26N6O3. The van der Waals surface area contributed by atoms with E-state index in [2.05, 4.69) is 28.1 Å². The maximum atomic E-state index is 13.1. The molecule has 9 heteroatoms. The van der Waals surface area contributed by atoms with E-state index in [4.69, 9.17) is 14.5 Å². The fraction of sp³-hybridized carbons (Fsp3) is 0.391. The van der Waals surface area contributed by atoms with Crippen molar-refractivity contribution in [2.75, 3.05) is 27.4 Å². The summed E-state index contributed by atoms with van der Waals surface area (Å²) in [6.45, 7) is 2.76. The number of nitrogens with zero attached hydrogens (tertiary/aromatic N) is 6. The van der Waals surface area contributed by atoms with Crippen LogP contribution in [-0.4, -0.2) is 62.5 Å². The maximum Gasteiger partial charge on any atom is 0.352 e. The molecule has 0 N–H and O–H groups in total. The van der Waals surface area contributed by atoms with E-state index in [1.165, 1.54) is 10.8 Å². The molecule has 0 bridgehead atoms. The molecule has 0 spiro atoms. The molecule has 1 aliphatic rings. The Morgan fingerprint density at radius 3 is 2.66 bits per heavy atom. The third-order valence-electron chi connectivity index (χ3n) is 6.13. The summed E-state index contributed by atoms with van der Waals surface area (Å²) in [6.07, 6.45) is 5.34. The predicted molar refractivity (Wildman–Crippen MR) is 120 cm³/mol. The quantitative estimate of drug-likeness (QED) is 0.459. The molecule has 4 aromatic rings. The minimum Gasteiger partial charge on any atom is -0.497 e.